The molecule has 2 aliphatic heterocycles. The number of amides is 1. The minimum Gasteiger partial charge on any atom is -0.356 e. The number of piperidine rings is 1. The third-order valence-electron chi connectivity index (χ3n) is 6.78. The van der Waals surface area contributed by atoms with Crippen molar-refractivity contribution >= 4 is 26.7 Å². The number of rotatable bonds is 3. The van der Waals surface area contributed by atoms with Crippen molar-refractivity contribution in [1.82, 2.24) is 10.2 Å². The van der Waals surface area contributed by atoms with Crippen LogP contribution in [0.15, 0.2) is 28.2 Å². The van der Waals surface area contributed by atoms with Gasteiger partial charge in [-0.3, -0.25) is 4.79 Å². The van der Waals surface area contributed by atoms with E-state index in [-0.39, 0.29) is 11.8 Å². The van der Waals surface area contributed by atoms with E-state index in [2.05, 4.69) is 9.71 Å². The van der Waals surface area contributed by atoms with Gasteiger partial charge in [-0.2, -0.15) is 8.42 Å². The highest BCUT2D eigenvalue weighted by Crippen LogP contribution is 2.35. The van der Waals surface area contributed by atoms with Crippen LogP contribution >= 0.6 is 0 Å². The number of aryl methyl sites for hydroxylation is 2. The van der Waals surface area contributed by atoms with Crippen LogP contribution in [0.25, 0.3) is 4.91 Å². The first kappa shape index (κ1) is 21.1. The Morgan fingerprint density at radius 3 is 2.33 bits per heavy atom. The third-order valence-corrected chi connectivity index (χ3v) is 8.25. The van der Waals surface area contributed by atoms with Crippen LogP contribution < -0.4 is 5.32 Å². The maximum absolute atomic E-state index is 12.9. The first-order valence-corrected chi connectivity index (χ1v) is 12.4. The second-order valence-corrected chi connectivity index (χ2v) is 10.4. The van der Waals surface area contributed by atoms with Crippen LogP contribution in [-0.4, -0.2) is 44.2 Å². The fourth-order valence-electron chi connectivity index (χ4n) is 4.81. The van der Waals surface area contributed by atoms with Gasteiger partial charge in [0.05, 0.1) is 0 Å². The summed E-state index contributed by atoms with van der Waals surface area (Å²) in [5.74, 6) is 0.701. The first-order valence-electron chi connectivity index (χ1n) is 11.0. The average molecular weight is 430 g/mol. The lowest BCUT2D eigenvalue weighted by Gasteiger charge is -2.33. The molecule has 0 atom stereocenters. The van der Waals surface area contributed by atoms with Crippen LogP contribution in [-0.2, 0) is 14.8 Å². The monoisotopic (exact) mass is 429 g/mol. The van der Waals surface area contributed by atoms with Crippen LogP contribution in [0.5, 0.6) is 0 Å². The second-order valence-electron chi connectivity index (χ2n) is 8.89. The molecule has 1 saturated carbocycles. The van der Waals surface area contributed by atoms with Crippen molar-refractivity contribution in [3.8, 4) is 0 Å². The van der Waals surface area contributed by atoms with Crippen LogP contribution in [0.2, 0.25) is 0 Å². The van der Waals surface area contributed by atoms with Crippen molar-refractivity contribution in [2.24, 2.45) is 10.3 Å². The lowest BCUT2D eigenvalue weighted by atomic mass is 9.94. The molecule has 6 nitrogen and oxygen atoms in total. The number of nitrogens with zero attached hydrogens (tertiary/aromatic N) is 2. The Bertz CT molecular complexity index is 1010. The zero-order valence-corrected chi connectivity index (χ0v) is 18.9. The summed E-state index contributed by atoms with van der Waals surface area (Å²) in [5, 5.41) is 3.20. The van der Waals surface area contributed by atoms with Gasteiger partial charge in [-0.15, -0.1) is 4.40 Å². The minimum absolute atomic E-state index is 0.00367. The quantitative estimate of drug-likeness (QED) is 0.797. The summed E-state index contributed by atoms with van der Waals surface area (Å²) in [5.41, 5.74) is 3.59. The number of sulfonamides is 1. The predicted octanol–water partition coefficient (Wildman–Crippen LogP) is 3.55. The summed E-state index contributed by atoms with van der Waals surface area (Å²) >= 11 is 0. The molecule has 1 amide bonds. The van der Waals surface area contributed by atoms with E-state index in [1.165, 1.54) is 12.8 Å². The molecule has 0 radical (unpaired) electrons. The topological polar surface area (TPSA) is 78.8 Å². The summed E-state index contributed by atoms with van der Waals surface area (Å²) in [6.07, 6.45) is 6.03. The van der Waals surface area contributed by atoms with E-state index in [0.29, 0.717) is 41.0 Å². The highest BCUT2D eigenvalue weighted by atomic mass is 32.2. The number of amidine groups is 1. The first-order chi connectivity index (χ1) is 14.3. The maximum Gasteiger partial charge on any atom is 0.285 e. The molecule has 30 heavy (non-hydrogen) atoms. The van der Waals surface area contributed by atoms with Gasteiger partial charge in [0.1, 0.15) is 10.7 Å². The van der Waals surface area contributed by atoms with Gasteiger partial charge in [-0.1, -0.05) is 31.0 Å². The van der Waals surface area contributed by atoms with Crippen LogP contribution in [0, 0.1) is 19.8 Å². The van der Waals surface area contributed by atoms with E-state index in [9.17, 15) is 13.2 Å². The minimum atomic E-state index is -3.72. The van der Waals surface area contributed by atoms with Gasteiger partial charge in [0.15, 0.2) is 0 Å². The Morgan fingerprint density at radius 2 is 1.70 bits per heavy atom. The van der Waals surface area contributed by atoms with Gasteiger partial charge in [0, 0.05) is 30.6 Å². The fraction of sp³-hybridized carbons (Fsp3) is 0.565. The molecule has 2 fully saturated rings. The van der Waals surface area contributed by atoms with Gasteiger partial charge in [0.25, 0.3) is 10.0 Å². The molecule has 0 bridgehead atoms. The lowest BCUT2D eigenvalue weighted by Crippen LogP contribution is -2.44. The number of benzene rings is 1. The molecule has 1 aromatic carbocycles. The molecule has 3 aliphatic rings. The molecule has 1 saturated heterocycles. The number of hydrogen-bond acceptors (Lipinski definition) is 4. The van der Waals surface area contributed by atoms with Gasteiger partial charge in [-0.05, 0) is 63.1 Å². The third kappa shape index (κ3) is 4.04. The molecule has 1 aromatic rings. The molecule has 1 aliphatic carbocycles. The summed E-state index contributed by atoms with van der Waals surface area (Å²) in [4.78, 5) is 14.9. The number of likely N-dealkylation sites (tertiary alicyclic amines) is 1. The van der Waals surface area contributed by atoms with E-state index in [0.717, 1.165) is 36.8 Å². The van der Waals surface area contributed by atoms with Gasteiger partial charge in [-0.25, -0.2) is 0 Å². The maximum atomic E-state index is 12.9. The second kappa shape index (κ2) is 8.17. The van der Waals surface area contributed by atoms with Crippen LogP contribution in [0.1, 0.15) is 62.1 Å². The van der Waals surface area contributed by atoms with Gasteiger partial charge in [0.2, 0.25) is 5.91 Å². The van der Waals surface area contributed by atoms with Crippen LogP contribution in [0.4, 0.5) is 0 Å². The highest BCUT2D eigenvalue weighted by molar-refractivity contribution is 8.00. The van der Waals surface area contributed by atoms with Gasteiger partial charge < -0.3 is 10.2 Å². The SMILES string of the molecule is CC1=C(c2ccc(C)c(C)c2)S(=O)(=O)N=C1N1CCC(C(=O)NC2CCCC2)CC1. The smallest absolute Gasteiger partial charge is 0.285 e. The Balaban J connectivity index is 1.47. The van der Waals surface area contributed by atoms with E-state index in [1.54, 1.807) is 0 Å². The molecule has 1 N–H and O–H groups in total. The molecule has 162 valence electrons. The largest absolute Gasteiger partial charge is 0.356 e. The molecule has 2 heterocycles. The van der Waals surface area contributed by atoms with Crippen molar-refractivity contribution in [1.29, 1.82) is 0 Å². The molecule has 0 unspecified atom stereocenters. The number of nitrogens with one attached hydrogen (secondary N) is 1. The zero-order valence-electron chi connectivity index (χ0n) is 18.1. The molecule has 4 rings (SSSR count). The van der Waals surface area contributed by atoms with E-state index < -0.39 is 10.0 Å². The molecule has 0 spiro atoms. The molecule has 7 heteroatoms. The standard InChI is InChI=1S/C23H31N3O3S/c1-15-8-9-19(14-16(15)2)21-17(3)22(25-30(21,28)29)26-12-10-18(11-13-26)23(27)24-20-6-4-5-7-20/h8-9,14,18,20H,4-7,10-13H2,1-3H3,(H,24,27). The van der Waals surface area contributed by atoms with Crippen molar-refractivity contribution in [2.75, 3.05) is 13.1 Å². The Morgan fingerprint density at radius 1 is 1.03 bits per heavy atom. The fourth-order valence-corrected chi connectivity index (χ4v) is 6.28. The van der Waals surface area contributed by atoms with E-state index >= 15 is 0 Å². The Hall–Kier alpha value is -2.15. The normalized spacial score (nSPS) is 22.5. The van der Waals surface area contributed by atoms with Crippen molar-refractivity contribution in [3.05, 3.63) is 40.5 Å². The lowest BCUT2D eigenvalue weighted by molar-refractivity contribution is -0.126. The summed E-state index contributed by atoms with van der Waals surface area (Å²) in [6.45, 7) is 7.13. The Kier molecular flexibility index (Phi) is 5.75. The summed E-state index contributed by atoms with van der Waals surface area (Å²) in [6, 6.07) is 6.07. The van der Waals surface area contributed by atoms with Gasteiger partial charge >= 0.3 is 0 Å². The summed E-state index contributed by atoms with van der Waals surface area (Å²) in [7, 11) is -3.72. The average Bonchev–Trinajstić information content (AvgIpc) is 3.30. The van der Waals surface area contributed by atoms with E-state index in [4.69, 9.17) is 0 Å². The molecular weight excluding hydrogens is 398 g/mol. The molecular formula is C23H31N3O3S. The zero-order chi connectivity index (χ0) is 21.5. The van der Waals surface area contributed by atoms with Crippen molar-refractivity contribution in [3.63, 3.8) is 0 Å². The number of carbonyl (C=O) groups excluding carboxylic acids is 1. The van der Waals surface area contributed by atoms with Crippen molar-refractivity contribution < 1.29 is 13.2 Å². The molecule has 0 aromatic heterocycles. The van der Waals surface area contributed by atoms with E-state index in [1.807, 2.05) is 43.9 Å². The number of hydrogen-bond donors (Lipinski definition) is 1. The number of carbonyl (C=O) groups is 1. The Labute approximate surface area is 179 Å². The van der Waals surface area contributed by atoms with Crippen LogP contribution in [0.3, 0.4) is 0 Å². The summed E-state index contributed by atoms with van der Waals surface area (Å²) < 4.78 is 29.8. The predicted molar refractivity (Wildman–Crippen MR) is 120 cm³/mol. The van der Waals surface area contributed by atoms with Crippen molar-refractivity contribution in [2.45, 2.75) is 65.3 Å². The highest BCUT2D eigenvalue weighted by Gasteiger charge is 2.36.